The molecule has 102 valence electrons. The molecule has 0 unspecified atom stereocenters. The third-order valence-electron chi connectivity index (χ3n) is 3.93. The summed E-state index contributed by atoms with van der Waals surface area (Å²) in [4.78, 5) is 0. The Balaban J connectivity index is 2.22. The van der Waals surface area contributed by atoms with Gasteiger partial charge in [-0.05, 0) is 38.6 Å². The van der Waals surface area contributed by atoms with E-state index in [-0.39, 0.29) is 5.41 Å². The first-order chi connectivity index (χ1) is 8.58. The number of nitrogens with zero attached hydrogens (tertiary/aromatic N) is 2. The number of aryl methyl sites for hydroxylation is 2. The van der Waals surface area contributed by atoms with Gasteiger partial charge in [-0.3, -0.25) is 4.68 Å². The second kappa shape index (κ2) is 5.59. The summed E-state index contributed by atoms with van der Waals surface area (Å²) in [6.45, 7) is 4.73. The van der Waals surface area contributed by atoms with Crippen molar-refractivity contribution in [3.05, 3.63) is 16.4 Å². The lowest BCUT2D eigenvalue weighted by Gasteiger charge is -2.37. The highest BCUT2D eigenvalue weighted by Crippen LogP contribution is 2.36. The summed E-state index contributed by atoms with van der Waals surface area (Å²) in [6.07, 6.45) is 3.15. The summed E-state index contributed by atoms with van der Waals surface area (Å²) in [7, 11) is 3.91. The fourth-order valence-corrected chi connectivity index (χ4v) is 3.09. The quantitative estimate of drug-likeness (QED) is 0.910. The molecule has 1 aromatic rings. The third-order valence-corrected chi connectivity index (χ3v) is 4.40. The Morgan fingerprint density at radius 1 is 1.44 bits per heavy atom. The molecule has 0 bridgehead atoms. The van der Waals surface area contributed by atoms with Crippen molar-refractivity contribution in [1.82, 2.24) is 15.1 Å². The highest BCUT2D eigenvalue weighted by atomic mass is 35.5. The van der Waals surface area contributed by atoms with Crippen LogP contribution in [0.4, 0.5) is 0 Å². The van der Waals surface area contributed by atoms with Crippen LogP contribution in [0.1, 0.15) is 24.1 Å². The summed E-state index contributed by atoms with van der Waals surface area (Å²) in [5.41, 5.74) is 2.49. The van der Waals surface area contributed by atoms with Crippen LogP contribution in [0.15, 0.2) is 0 Å². The van der Waals surface area contributed by atoms with Crippen molar-refractivity contribution >= 4 is 11.6 Å². The highest BCUT2D eigenvalue weighted by molar-refractivity contribution is 6.30. The van der Waals surface area contributed by atoms with Crippen molar-refractivity contribution in [3.8, 4) is 0 Å². The molecule has 2 heterocycles. The van der Waals surface area contributed by atoms with E-state index in [2.05, 4.69) is 10.4 Å². The minimum absolute atomic E-state index is 0.254. The Labute approximate surface area is 114 Å². The average Bonchev–Trinajstić information content (AvgIpc) is 2.58. The first-order valence-electron chi connectivity index (χ1n) is 6.48. The van der Waals surface area contributed by atoms with Gasteiger partial charge in [-0.25, -0.2) is 0 Å². The van der Waals surface area contributed by atoms with E-state index >= 15 is 0 Å². The van der Waals surface area contributed by atoms with Gasteiger partial charge in [0, 0.05) is 32.4 Å². The minimum Gasteiger partial charge on any atom is -0.381 e. The molecule has 5 heteroatoms. The predicted molar refractivity (Wildman–Crippen MR) is 73.1 cm³/mol. The lowest BCUT2D eigenvalue weighted by atomic mass is 9.75. The maximum atomic E-state index is 6.34. The lowest BCUT2D eigenvalue weighted by Crippen LogP contribution is -2.39. The first kappa shape index (κ1) is 13.8. The fourth-order valence-electron chi connectivity index (χ4n) is 2.85. The predicted octanol–water partition coefficient (Wildman–Crippen LogP) is 1.94. The van der Waals surface area contributed by atoms with E-state index < -0.39 is 0 Å². The van der Waals surface area contributed by atoms with Gasteiger partial charge < -0.3 is 10.1 Å². The van der Waals surface area contributed by atoms with E-state index in [0.717, 1.165) is 49.9 Å². The Morgan fingerprint density at radius 3 is 2.61 bits per heavy atom. The van der Waals surface area contributed by atoms with Crippen LogP contribution >= 0.6 is 11.6 Å². The van der Waals surface area contributed by atoms with Crippen molar-refractivity contribution in [1.29, 1.82) is 0 Å². The molecule has 18 heavy (non-hydrogen) atoms. The smallest absolute Gasteiger partial charge is 0.130 e. The van der Waals surface area contributed by atoms with Crippen LogP contribution in [0, 0.1) is 12.3 Å². The number of rotatable bonds is 4. The van der Waals surface area contributed by atoms with Gasteiger partial charge >= 0.3 is 0 Å². The Bertz CT molecular complexity index is 405. The minimum atomic E-state index is 0.254. The van der Waals surface area contributed by atoms with E-state index in [4.69, 9.17) is 16.3 Å². The largest absolute Gasteiger partial charge is 0.381 e. The van der Waals surface area contributed by atoms with Gasteiger partial charge in [-0.15, -0.1) is 0 Å². The normalized spacial score (nSPS) is 19.1. The Hall–Kier alpha value is -0.580. The number of hydrogen-bond acceptors (Lipinski definition) is 3. The van der Waals surface area contributed by atoms with Gasteiger partial charge in [0.05, 0.1) is 5.69 Å². The van der Waals surface area contributed by atoms with Crippen LogP contribution in [0.5, 0.6) is 0 Å². The van der Waals surface area contributed by atoms with Crippen molar-refractivity contribution < 1.29 is 4.74 Å². The third kappa shape index (κ3) is 2.71. The summed E-state index contributed by atoms with van der Waals surface area (Å²) < 4.78 is 7.26. The summed E-state index contributed by atoms with van der Waals surface area (Å²) in [6, 6.07) is 0. The van der Waals surface area contributed by atoms with Crippen LogP contribution < -0.4 is 5.32 Å². The zero-order chi connectivity index (χ0) is 13.2. The molecule has 0 radical (unpaired) electrons. The first-order valence-corrected chi connectivity index (χ1v) is 6.86. The van der Waals surface area contributed by atoms with Crippen molar-refractivity contribution in [3.63, 3.8) is 0 Å². The van der Waals surface area contributed by atoms with Gasteiger partial charge in [-0.1, -0.05) is 11.6 Å². The van der Waals surface area contributed by atoms with Crippen LogP contribution in [0.2, 0.25) is 5.15 Å². The van der Waals surface area contributed by atoms with Gasteiger partial charge in [0.15, 0.2) is 0 Å². The topological polar surface area (TPSA) is 39.1 Å². The molecular formula is C13H22ClN3O. The number of nitrogens with one attached hydrogen (secondary N) is 1. The molecular weight excluding hydrogens is 250 g/mol. The molecule has 0 amide bonds. The summed E-state index contributed by atoms with van der Waals surface area (Å²) in [5, 5.41) is 8.49. The van der Waals surface area contributed by atoms with Crippen LogP contribution in [0.3, 0.4) is 0 Å². The summed E-state index contributed by atoms with van der Waals surface area (Å²) >= 11 is 6.34. The van der Waals surface area contributed by atoms with E-state index in [1.165, 1.54) is 5.56 Å². The van der Waals surface area contributed by atoms with E-state index in [1.807, 2.05) is 21.0 Å². The van der Waals surface area contributed by atoms with Gasteiger partial charge in [-0.2, -0.15) is 5.10 Å². The molecule has 0 aromatic carbocycles. The second-order valence-corrected chi connectivity index (χ2v) is 5.66. The number of halogens is 1. The van der Waals surface area contributed by atoms with Crippen LogP contribution in [-0.4, -0.2) is 36.6 Å². The van der Waals surface area contributed by atoms with Crippen molar-refractivity contribution in [2.75, 3.05) is 26.8 Å². The molecule has 1 aliphatic heterocycles. The Morgan fingerprint density at radius 2 is 2.11 bits per heavy atom. The lowest BCUT2D eigenvalue weighted by molar-refractivity contribution is 0.0157. The van der Waals surface area contributed by atoms with Gasteiger partial charge in [0.25, 0.3) is 0 Å². The Kier molecular flexibility index (Phi) is 4.30. The van der Waals surface area contributed by atoms with E-state index in [0.29, 0.717) is 0 Å². The number of hydrogen-bond donors (Lipinski definition) is 1. The molecule has 1 fully saturated rings. The molecule has 0 saturated carbocycles. The van der Waals surface area contributed by atoms with Gasteiger partial charge in [0.1, 0.15) is 5.15 Å². The summed E-state index contributed by atoms with van der Waals surface area (Å²) in [5.74, 6) is 0. The number of ether oxygens (including phenoxy) is 1. The molecule has 2 rings (SSSR count). The second-order valence-electron chi connectivity index (χ2n) is 5.30. The molecule has 1 aliphatic rings. The maximum Gasteiger partial charge on any atom is 0.130 e. The van der Waals surface area contributed by atoms with E-state index in [1.54, 1.807) is 4.68 Å². The maximum absolute atomic E-state index is 6.34. The SMILES string of the molecule is CNCC1(Cc2c(C)nn(C)c2Cl)CCOCC1. The van der Waals surface area contributed by atoms with Gasteiger partial charge in [0.2, 0.25) is 0 Å². The molecule has 1 aromatic heterocycles. The molecule has 0 spiro atoms. The van der Waals surface area contributed by atoms with Crippen molar-refractivity contribution in [2.24, 2.45) is 12.5 Å². The van der Waals surface area contributed by atoms with E-state index in [9.17, 15) is 0 Å². The molecule has 1 saturated heterocycles. The standard InChI is InChI=1S/C13H22ClN3O/c1-10-11(12(14)17(3)16-10)8-13(9-15-2)4-6-18-7-5-13/h15H,4-9H2,1-3H3. The zero-order valence-electron chi connectivity index (χ0n) is 11.4. The molecule has 1 N–H and O–H groups in total. The molecule has 0 aliphatic carbocycles. The molecule has 0 atom stereocenters. The monoisotopic (exact) mass is 271 g/mol. The zero-order valence-corrected chi connectivity index (χ0v) is 12.2. The number of aromatic nitrogens is 2. The van der Waals surface area contributed by atoms with Crippen LogP contribution in [0.25, 0.3) is 0 Å². The highest BCUT2D eigenvalue weighted by Gasteiger charge is 2.34. The average molecular weight is 272 g/mol. The fraction of sp³-hybridized carbons (Fsp3) is 0.769. The van der Waals surface area contributed by atoms with Crippen LogP contribution in [-0.2, 0) is 18.2 Å². The molecule has 4 nitrogen and oxygen atoms in total. The van der Waals surface area contributed by atoms with Crippen molar-refractivity contribution in [2.45, 2.75) is 26.2 Å².